The molecule has 2 aliphatic rings. The fourth-order valence-corrected chi connectivity index (χ4v) is 6.28. The van der Waals surface area contributed by atoms with E-state index < -0.39 is 70.8 Å². The van der Waals surface area contributed by atoms with Crippen molar-refractivity contribution in [1.29, 1.82) is 0 Å². The number of rotatable bonds is 7. The Morgan fingerprint density at radius 3 is 2.08 bits per heavy atom. The van der Waals surface area contributed by atoms with Gasteiger partial charge in [-0.25, -0.2) is 4.79 Å². The minimum absolute atomic E-state index is 0.0268. The normalized spacial score (nSPS) is 31.9. The summed E-state index contributed by atoms with van der Waals surface area (Å²) in [4.78, 5) is 63.8. The summed E-state index contributed by atoms with van der Waals surface area (Å²) in [6.07, 6.45) is -2.31. The topological polar surface area (TPSA) is 133 Å². The molecule has 0 saturated heterocycles. The molecule has 9 nitrogen and oxygen atoms in total. The zero-order chi connectivity index (χ0) is 29.3. The van der Waals surface area contributed by atoms with E-state index in [0.29, 0.717) is 0 Å². The SMILES string of the molecule is C=C/C(=C\[C@H]1C(=O)[C@H](OC(C)=O)C[C@H]2C(C)(C)[C@H](O)[C@@H](OC(C)=O)[C@@H](OC(=O)c3ccccc3)[C@]12C)C(C)=O. The molecule has 7 atom stereocenters. The molecule has 1 aromatic rings. The number of fused-ring (bicyclic) bond motifs is 1. The fourth-order valence-electron chi connectivity index (χ4n) is 6.28. The van der Waals surface area contributed by atoms with Gasteiger partial charge in [0.25, 0.3) is 0 Å². The predicted molar refractivity (Wildman–Crippen MR) is 140 cm³/mol. The molecule has 2 saturated carbocycles. The maximum atomic E-state index is 13.9. The van der Waals surface area contributed by atoms with Gasteiger partial charge in [-0.05, 0) is 36.8 Å². The van der Waals surface area contributed by atoms with Crippen LogP contribution in [0.4, 0.5) is 0 Å². The summed E-state index contributed by atoms with van der Waals surface area (Å²) in [6, 6.07) is 8.16. The van der Waals surface area contributed by atoms with Gasteiger partial charge in [-0.3, -0.25) is 19.2 Å². The highest BCUT2D eigenvalue weighted by Crippen LogP contribution is 2.61. The van der Waals surface area contributed by atoms with E-state index in [0.717, 1.165) is 0 Å². The molecule has 0 aliphatic heterocycles. The second kappa shape index (κ2) is 11.3. The lowest BCUT2D eigenvalue weighted by molar-refractivity contribution is -0.252. The lowest BCUT2D eigenvalue weighted by Crippen LogP contribution is -2.71. The Morgan fingerprint density at radius 1 is 0.974 bits per heavy atom. The Labute approximate surface area is 228 Å². The van der Waals surface area contributed by atoms with Crippen LogP contribution < -0.4 is 0 Å². The van der Waals surface area contributed by atoms with Gasteiger partial charge in [-0.2, -0.15) is 0 Å². The largest absolute Gasteiger partial charge is 0.456 e. The Hall–Kier alpha value is -3.59. The van der Waals surface area contributed by atoms with Crippen LogP contribution in [0.5, 0.6) is 0 Å². The van der Waals surface area contributed by atoms with Crippen LogP contribution in [0.1, 0.15) is 58.3 Å². The predicted octanol–water partition coefficient (Wildman–Crippen LogP) is 3.39. The molecule has 1 N–H and O–H groups in total. The second-order valence-electron chi connectivity index (χ2n) is 11.0. The van der Waals surface area contributed by atoms with Crippen molar-refractivity contribution in [2.45, 2.75) is 72.4 Å². The zero-order valence-corrected chi connectivity index (χ0v) is 23.1. The maximum Gasteiger partial charge on any atom is 0.338 e. The van der Waals surface area contributed by atoms with E-state index in [1.54, 1.807) is 51.1 Å². The number of Topliss-reactive ketones (excluding diaryl/α,β-unsaturated/α-hetero) is 2. The van der Waals surface area contributed by atoms with Crippen molar-refractivity contribution in [2.24, 2.45) is 22.7 Å². The minimum atomic E-state index is -1.33. The first-order valence-electron chi connectivity index (χ1n) is 12.8. The zero-order valence-electron chi connectivity index (χ0n) is 23.1. The average Bonchev–Trinajstić information content (AvgIpc) is 2.86. The van der Waals surface area contributed by atoms with Gasteiger partial charge in [0.05, 0.1) is 5.56 Å². The lowest BCUT2D eigenvalue weighted by atomic mass is 9.45. The molecule has 9 heteroatoms. The summed E-state index contributed by atoms with van der Waals surface area (Å²) in [5.41, 5.74) is -1.94. The molecule has 0 unspecified atom stereocenters. The van der Waals surface area contributed by atoms with Gasteiger partial charge in [-0.1, -0.05) is 57.7 Å². The van der Waals surface area contributed by atoms with E-state index in [1.807, 2.05) is 0 Å². The maximum absolute atomic E-state index is 13.9. The second-order valence-corrected chi connectivity index (χ2v) is 11.0. The van der Waals surface area contributed by atoms with Gasteiger partial charge in [0.2, 0.25) is 0 Å². The van der Waals surface area contributed by atoms with E-state index in [2.05, 4.69) is 6.58 Å². The van der Waals surface area contributed by atoms with Crippen molar-refractivity contribution >= 4 is 29.5 Å². The van der Waals surface area contributed by atoms with E-state index in [4.69, 9.17) is 14.2 Å². The number of esters is 3. The van der Waals surface area contributed by atoms with Crippen molar-refractivity contribution in [3.05, 3.63) is 60.2 Å². The van der Waals surface area contributed by atoms with Gasteiger partial charge in [0, 0.05) is 30.8 Å². The Balaban J connectivity index is 2.29. The summed E-state index contributed by atoms with van der Waals surface area (Å²) in [6.45, 7) is 12.6. The van der Waals surface area contributed by atoms with Gasteiger partial charge in [0.15, 0.2) is 23.8 Å². The summed E-state index contributed by atoms with van der Waals surface area (Å²) in [5, 5.41) is 11.5. The van der Waals surface area contributed by atoms with E-state index in [1.165, 1.54) is 32.9 Å². The molecule has 2 fully saturated rings. The van der Waals surface area contributed by atoms with Crippen LogP contribution in [0.25, 0.3) is 0 Å². The van der Waals surface area contributed by atoms with Gasteiger partial charge in [-0.15, -0.1) is 0 Å². The number of carbonyl (C=O) groups excluding carboxylic acids is 5. The molecule has 0 spiro atoms. The minimum Gasteiger partial charge on any atom is -0.456 e. The van der Waals surface area contributed by atoms with Crippen molar-refractivity contribution in [3.8, 4) is 0 Å². The quantitative estimate of drug-likeness (QED) is 0.239. The Kier molecular flexibility index (Phi) is 8.65. The highest BCUT2D eigenvalue weighted by molar-refractivity contribution is 5.98. The third-order valence-corrected chi connectivity index (χ3v) is 8.20. The van der Waals surface area contributed by atoms with E-state index >= 15 is 0 Å². The van der Waals surface area contributed by atoms with Crippen LogP contribution in [0.3, 0.4) is 0 Å². The molecular formula is C30H36O9. The molecule has 210 valence electrons. The number of carbonyl (C=O) groups is 5. The molecule has 39 heavy (non-hydrogen) atoms. The number of allylic oxidation sites excluding steroid dienone is 3. The highest BCUT2D eigenvalue weighted by atomic mass is 16.6. The third-order valence-electron chi connectivity index (χ3n) is 8.20. The van der Waals surface area contributed by atoms with Crippen LogP contribution in [0.15, 0.2) is 54.6 Å². The van der Waals surface area contributed by atoms with Crippen LogP contribution in [-0.2, 0) is 33.4 Å². The molecule has 1 aromatic carbocycles. The summed E-state index contributed by atoms with van der Waals surface area (Å²) < 4.78 is 17.0. The molecular weight excluding hydrogens is 504 g/mol. The monoisotopic (exact) mass is 540 g/mol. The summed E-state index contributed by atoms with van der Waals surface area (Å²) in [5.74, 6) is -4.68. The first-order chi connectivity index (χ1) is 18.2. The fraction of sp³-hybridized carbons (Fsp3) is 0.500. The number of ketones is 2. The summed E-state index contributed by atoms with van der Waals surface area (Å²) >= 11 is 0. The number of hydrogen-bond donors (Lipinski definition) is 1. The van der Waals surface area contributed by atoms with Gasteiger partial charge in [0.1, 0.15) is 12.2 Å². The number of hydrogen-bond acceptors (Lipinski definition) is 9. The van der Waals surface area contributed by atoms with Gasteiger partial charge >= 0.3 is 17.9 Å². The molecule has 2 aliphatic carbocycles. The smallest absolute Gasteiger partial charge is 0.338 e. The Morgan fingerprint density at radius 2 is 1.56 bits per heavy atom. The number of aliphatic hydroxyl groups is 1. The molecule has 0 amide bonds. The molecule has 0 heterocycles. The molecule has 0 radical (unpaired) electrons. The third kappa shape index (κ3) is 5.59. The number of aliphatic hydroxyl groups excluding tert-OH is 1. The van der Waals surface area contributed by atoms with Crippen molar-refractivity contribution in [2.75, 3.05) is 0 Å². The summed E-state index contributed by atoms with van der Waals surface area (Å²) in [7, 11) is 0. The van der Waals surface area contributed by atoms with Crippen LogP contribution in [0.2, 0.25) is 0 Å². The highest BCUT2D eigenvalue weighted by Gasteiger charge is 2.69. The van der Waals surface area contributed by atoms with Crippen LogP contribution >= 0.6 is 0 Å². The molecule has 3 rings (SSSR count). The van der Waals surface area contributed by atoms with Gasteiger partial charge < -0.3 is 19.3 Å². The van der Waals surface area contributed by atoms with Crippen molar-refractivity contribution in [3.63, 3.8) is 0 Å². The first-order valence-corrected chi connectivity index (χ1v) is 12.8. The number of benzene rings is 1. The lowest BCUT2D eigenvalue weighted by Gasteiger charge is -2.62. The van der Waals surface area contributed by atoms with Crippen LogP contribution in [0, 0.1) is 22.7 Å². The number of ether oxygens (including phenoxy) is 3. The van der Waals surface area contributed by atoms with E-state index in [9.17, 15) is 29.1 Å². The van der Waals surface area contributed by atoms with Crippen molar-refractivity contribution < 1.29 is 43.3 Å². The van der Waals surface area contributed by atoms with Crippen molar-refractivity contribution in [1.82, 2.24) is 0 Å². The Bertz CT molecular complexity index is 1200. The molecule has 0 aromatic heterocycles. The molecule has 0 bridgehead atoms. The average molecular weight is 541 g/mol. The van der Waals surface area contributed by atoms with E-state index in [-0.39, 0.29) is 23.3 Å². The van der Waals surface area contributed by atoms with Crippen LogP contribution in [-0.4, -0.2) is 59.0 Å². The first kappa shape index (κ1) is 30.0. The standard InChI is InChI=1S/C30H36O9/c1-8-19(16(2)31)14-21-24(34)22(37-17(3)32)15-23-29(5,6)26(35)25(38-18(4)33)27(30(21,23)7)39-28(36)20-12-10-9-11-13-20/h8-14,21-23,25-27,35H,1,15H2,2-7H3/b19-14+/t21-,22+,23-,25+,26+,27+,30+/m0/s1.